The van der Waals surface area contributed by atoms with Crippen LogP contribution in [0.2, 0.25) is 0 Å². The lowest BCUT2D eigenvalue weighted by Crippen LogP contribution is -2.43. The van der Waals surface area contributed by atoms with Crippen molar-refractivity contribution in [3.63, 3.8) is 0 Å². The largest absolute Gasteiger partial charge is 0.342 e. The highest BCUT2D eigenvalue weighted by molar-refractivity contribution is 5.83. The van der Waals surface area contributed by atoms with Crippen molar-refractivity contribution in [3.8, 4) is 0 Å². The second-order valence-electron chi connectivity index (χ2n) is 11.9. The molecule has 0 N–H and O–H groups in total. The molecule has 192 valence electrons. The third-order valence-corrected chi connectivity index (χ3v) is 9.59. The number of fused-ring (bicyclic) bond motifs is 1. The lowest BCUT2D eigenvalue weighted by atomic mass is 9.81. The van der Waals surface area contributed by atoms with Crippen LogP contribution in [0.4, 0.5) is 8.78 Å². The second kappa shape index (κ2) is 9.55. The van der Waals surface area contributed by atoms with Gasteiger partial charge in [-0.2, -0.15) is 0 Å². The Bertz CT molecular complexity index is 1060. The van der Waals surface area contributed by atoms with Crippen LogP contribution in [-0.4, -0.2) is 47.9 Å². The van der Waals surface area contributed by atoms with E-state index in [1.165, 1.54) is 37.3 Å². The molecule has 2 aliphatic heterocycles. The average Bonchev–Trinajstić information content (AvgIpc) is 3.41. The van der Waals surface area contributed by atoms with Crippen molar-refractivity contribution in [3.05, 3.63) is 71.3 Å². The molecule has 2 heterocycles. The van der Waals surface area contributed by atoms with Crippen LogP contribution in [0.1, 0.15) is 74.0 Å². The summed E-state index contributed by atoms with van der Waals surface area (Å²) in [5.74, 6) is -0.437. The summed E-state index contributed by atoms with van der Waals surface area (Å²) in [6.45, 7) is 4.58. The maximum absolute atomic E-state index is 13.8. The predicted molar refractivity (Wildman–Crippen MR) is 138 cm³/mol. The highest BCUT2D eigenvalue weighted by Gasteiger charge is 2.61. The standard InChI is InChI=1S/C31H38F2N2O/c1-31(32,33)25-11-5-9-23(17-25)24-10-6-16-34(18-24)30(36)29-27-19-35(20-28(27)29)26-14-12-22(13-15-26)21-7-3-2-4-8-21/h2-5,7-9,11,17,22,24,26-29H,6,10,12-16,18-20H2,1H3/t22?,24?,26?,27-,28+,29?. The Morgan fingerprint density at radius 3 is 2.22 bits per heavy atom. The first-order chi connectivity index (χ1) is 17.4. The van der Waals surface area contributed by atoms with E-state index in [0.29, 0.717) is 36.2 Å². The molecule has 6 rings (SSSR count). The van der Waals surface area contributed by atoms with Gasteiger partial charge in [-0.15, -0.1) is 0 Å². The Morgan fingerprint density at radius 1 is 0.833 bits per heavy atom. The predicted octanol–water partition coefficient (Wildman–Crippen LogP) is 6.41. The van der Waals surface area contributed by atoms with Gasteiger partial charge in [-0.3, -0.25) is 9.69 Å². The Labute approximate surface area is 213 Å². The van der Waals surface area contributed by atoms with Crippen molar-refractivity contribution in [2.24, 2.45) is 17.8 Å². The van der Waals surface area contributed by atoms with Crippen molar-refractivity contribution in [1.29, 1.82) is 0 Å². The number of likely N-dealkylation sites (tertiary alicyclic amines) is 2. The molecule has 2 aromatic carbocycles. The van der Waals surface area contributed by atoms with E-state index in [2.05, 4.69) is 35.2 Å². The molecule has 36 heavy (non-hydrogen) atoms. The van der Waals surface area contributed by atoms with Crippen LogP contribution in [0.15, 0.2) is 54.6 Å². The summed E-state index contributed by atoms with van der Waals surface area (Å²) in [4.78, 5) is 18.2. The topological polar surface area (TPSA) is 23.6 Å². The number of benzene rings is 2. The van der Waals surface area contributed by atoms with Crippen molar-refractivity contribution in [1.82, 2.24) is 9.80 Å². The van der Waals surface area contributed by atoms with E-state index in [1.54, 1.807) is 12.1 Å². The number of halogens is 2. The molecule has 0 radical (unpaired) electrons. The monoisotopic (exact) mass is 492 g/mol. The number of carbonyl (C=O) groups excluding carboxylic acids is 1. The summed E-state index contributed by atoms with van der Waals surface area (Å²) >= 11 is 0. The molecule has 2 saturated heterocycles. The van der Waals surface area contributed by atoms with Gasteiger partial charge in [-0.1, -0.05) is 48.5 Å². The van der Waals surface area contributed by atoms with Gasteiger partial charge in [-0.05, 0) is 73.5 Å². The Hall–Kier alpha value is -2.27. The van der Waals surface area contributed by atoms with Gasteiger partial charge in [0.15, 0.2) is 0 Å². The maximum atomic E-state index is 13.8. The second-order valence-corrected chi connectivity index (χ2v) is 11.9. The van der Waals surface area contributed by atoms with E-state index in [4.69, 9.17) is 0 Å². The van der Waals surface area contributed by atoms with Crippen LogP contribution in [0.3, 0.4) is 0 Å². The summed E-state index contributed by atoms with van der Waals surface area (Å²) < 4.78 is 27.7. The van der Waals surface area contributed by atoms with Gasteiger partial charge < -0.3 is 4.90 Å². The van der Waals surface area contributed by atoms with Crippen LogP contribution in [-0.2, 0) is 10.7 Å². The Morgan fingerprint density at radius 2 is 1.53 bits per heavy atom. The molecule has 2 saturated carbocycles. The van der Waals surface area contributed by atoms with E-state index in [1.807, 2.05) is 11.0 Å². The molecule has 4 aliphatic rings. The molecular formula is C31H38F2N2O. The molecule has 3 nitrogen and oxygen atoms in total. The number of piperidine rings is 2. The van der Waals surface area contributed by atoms with Crippen molar-refractivity contribution >= 4 is 5.91 Å². The summed E-state index contributed by atoms with van der Waals surface area (Å²) in [6.07, 6.45) is 6.97. The van der Waals surface area contributed by atoms with Gasteiger partial charge in [-0.25, -0.2) is 8.78 Å². The quantitative estimate of drug-likeness (QED) is 0.482. The normalized spacial score (nSPS) is 32.8. The van der Waals surface area contributed by atoms with E-state index >= 15 is 0 Å². The lowest BCUT2D eigenvalue weighted by molar-refractivity contribution is -0.134. The van der Waals surface area contributed by atoms with Crippen molar-refractivity contribution in [2.75, 3.05) is 26.2 Å². The molecule has 2 aromatic rings. The van der Waals surface area contributed by atoms with E-state index in [-0.39, 0.29) is 17.4 Å². The fraction of sp³-hybridized carbons (Fsp3) is 0.581. The summed E-state index contributed by atoms with van der Waals surface area (Å²) in [6, 6.07) is 18.4. The molecule has 2 aliphatic carbocycles. The smallest absolute Gasteiger partial charge is 0.270 e. The lowest BCUT2D eigenvalue weighted by Gasteiger charge is -2.37. The van der Waals surface area contributed by atoms with E-state index < -0.39 is 5.92 Å². The zero-order chi connectivity index (χ0) is 24.9. The fourth-order valence-electron chi connectivity index (χ4n) is 7.45. The molecule has 0 spiro atoms. The van der Waals surface area contributed by atoms with Crippen LogP contribution in [0.5, 0.6) is 0 Å². The first kappa shape index (κ1) is 24.1. The first-order valence-electron chi connectivity index (χ1n) is 13.9. The molecule has 0 aromatic heterocycles. The van der Waals surface area contributed by atoms with Crippen molar-refractivity contribution < 1.29 is 13.6 Å². The van der Waals surface area contributed by atoms with Crippen molar-refractivity contribution in [2.45, 2.75) is 69.2 Å². The maximum Gasteiger partial charge on any atom is 0.270 e. The molecule has 2 unspecified atom stereocenters. The number of carbonyl (C=O) groups is 1. The molecule has 4 fully saturated rings. The summed E-state index contributed by atoms with van der Waals surface area (Å²) in [7, 11) is 0. The summed E-state index contributed by atoms with van der Waals surface area (Å²) in [5.41, 5.74) is 2.50. The first-order valence-corrected chi connectivity index (χ1v) is 13.9. The number of hydrogen-bond donors (Lipinski definition) is 0. The minimum atomic E-state index is -2.84. The van der Waals surface area contributed by atoms with Crippen LogP contribution in [0, 0.1) is 17.8 Å². The number of rotatable bonds is 5. The van der Waals surface area contributed by atoms with Crippen LogP contribution in [0.25, 0.3) is 0 Å². The van der Waals surface area contributed by atoms with Gasteiger partial charge in [0, 0.05) is 56.5 Å². The average molecular weight is 493 g/mol. The highest BCUT2D eigenvalue weighted by Crippen LogP contribution is 2.54. The van der Waals surface area contributed by atoms with E-state index in [9.17, 15) is 13.6 Å². The van der Waals surface area contributed by atoms with Gasteiger partial charge in [0.1, 0.15) is 0 Å². The number of alkyl halides is 2. The third kappa shape index (κ3) is 4.71. The van der Waals surface area contributed by atoms with Gasteiger partial charge in [0.25, 0.3) is 5.92 Å². The van der Waals surface area contributed by atoms with Crippen LogP contribution < -0.4 is 0 Å². The number of nitrogens with zero attached hydrogens (tertiary/aromatic N) is 2. The van der Waals surface area contributed by atoms with E-state index in [0.717, 1.165) is 45.0 Å². The van der Waals surface area contributed by atoms with Gasteiger partial charge >= 0.3 is 0 Å². The molecule has 1 amide bonds. The summed E-state index contributed by atoms with van der Waals surface area (Å²) in [5, 5.41) is 0. The van der Waals surface area contributed by atoms with Crippen LogP contribution >= 0.6 is 0 Å². The fourth-order valence-corrected chi connectivity index (χ4v) is 7.45. The SMILES string of the molecule is CC(F)(F)c1cccc(C2CCCN(C(=O)C3[C@H]4CN(C5CCC(c6ccccc6)CC5)C[C@@H]34)C2)c1. The Balaban J connectivity index is 1.01. The highest BCUT2D eigenvalue weighted by atomic mass is 19.3. The molecule has 5 heteroatoms. The zero-order valence-electron chi connectivity index (χ0n) is 21.3. The van der Waals surface area contributed by atoms with Gasteiger partial charge in [0.05, 0.1) is 0 Å². The minimum Gasteiger partial charge on any atom is -0.342 e. The third-order valence-electron chi connectivity index (χ3n) is 9.59. The Kier molecular flexibility index (Phi) is 6.39. The molecular weight excluding hydrogens is 454 g/mol. The molecule has 4 atom stereocenters. The number of amides is 1. The zero-order valence-corrected chi connectivity index (χ0v) is 21.3. The number of hydrogen-bond acceptors (Lipinski definition) is 2. The minimum absolute atomic E-state index is 0.0677. The molecule has 0 bridgehead atoms. The van der Waals surface area contributed by atoms with Gasteiger partial charge in [0.2, 0.25) is 5.91 Å².